The standard InChI is InChI=1S/C22H25F3N4O3S2/c23-22(24,25)16-11-26-21(27-12-16)28-7-8-29(20(30)15-5-9-34(31,32)10-6-15)17(13-28)19-4-3-18(33-19)14-1-2-14/h3-4,11-12,14-15,17H,1-2,5-10,13H2. The molecule has 4 heterocycles. The Bertz CT molecular complexity index is 1150. The number of carbonyl (C=O) groups excluding carboxylic acids is 1. The first-order valence-corrected chi connectivity index (χ1v) is 14.0. The van der Waals surface area contributed by atoms with E-state index in [2.05, 4.69) is 16.0 Å². The highest BCUT2D eigenvalue weighted by Gasteiger charge is 2.39. The molecule has 184 valence electrons. The van der Waals surface area contributed by atoms with Crippen molar-refractivity contribution >= 4 is 33.0 Å². The molecule has 0 radical (unpaired) electrons. The van der Waals surface area contributed by atoms with Crippen LogP contribution in [-0.2, 0) is 20.8 Å². The van der Waals surface area contributed by atoms with Crippen molar-refractivity contribution in [3.05, 3.63) is 39.8 Å². The summed E-state index contributed by atoms with van der Waals surface area (Å²) in [6.45, 7) is 1.13. The van der Waals surface area contributed by atoms with E-state index < -0.39 is 21.6 Å². The smallest absolute Gasteiger partial charge is 0.337 e. The summed E-state index contributed by atoms with van der Waals surface area (Å²) < 4.78 is 62.4. The molecule has 34 heavy (non-hydrogen) atoms. The van der Waals surface area contributed by atoms with Gasteiger partial charge in [-0.3, -0.25) is 4.79 Å². The van der Waals surface area contributed by atoms with Crippen molar-refractivity contribution in [3.8, 4) is 0 Å². The first-order chi connectivity index (χ1) is 16.1. The Hall–Kier alpha value is -2.21. The Morgan fingerprint density at radius 2 is 1.65 bits per heavy atom. The van der Waals surface area contributed by atoms with Gasteiger partial charge in [-0.1, -0.05) is 0 Å². The second-order valence-corrected chi connectivity index (χ2v) is 12.7. The average molecular weight is 515 g/mol. The SMILES string of the molecule is O=C(C1CCS(=O)(=O)CC1)N1CCN(c2ncc(C(F)(F)F)cn2)CC1c1ccc(C2CC2)s1. The molecule has 3 fully saturated rings. The molecule has 1 amide bonds. The molecular formula is C22H25F3N4O3S2. The van der Waals surface area contributed by atoms with E-state index in [0.717, 1.165) is 30.1 Å². The highest BCUT2D eigenvalue weighted by molar-refractivity contribution is 7.91. The van der Waals surface area contributed by atoms with E-state index in [1.165, 1.54) is 4.88 Å². The lowest BCUT2D eigenvalue weighted by Crippen LogP contribution is -2.53. The Morgan fingerprint density at radius 3 is 2.26 bits per heavy atom. The molecule has 0 aromatic carbocycles. The molecule has 2 aromatic rings. The number of nitrogens with zero attached hydrogens (tertiary/aromatic N) is 4. The van der Waals surface area contributed by atoms with Crippen molar-refractivity contribution in [1.29, 1.82) is 0 Å². The molecule has 0 spiro atoms. The van der Waals surface area contributed by atoms with Crippen molar-refractivity contribution in [1.82, 2.24) is 14.9 Å². The number of thiophene rings is 1. The van der Waals surface area contributed by atoms with Crippen LogP contribution < -0.4 is 4.90 Å². The van der Waals surface area contributed by atoms with Gasteiger partial charge in [0.05, 0.1) is 23.1 Å². The van der Waals surface area contributed by atoms with Gasteiger partial charge in [-0.05, 0) is 43.7 Å². The van der Waals surface area contributed by atoms with Crippen molar-refractivity contribution in [2.45, 2.75) is 43.8 Å². The molecule has 2 saturated heterocycles. The Kier molecular flexibility index (Phi) is 6.07. The second-order valence-electron chi connectivity index (χ2n) is 9.20. The molecule has 2 aliphatic heterocycles. The number of hydrogen-bond donors (Lipinski definition) is 0. The second kappa shape index (κ2) is 8.78. The summed E-state index contributed by atoms with van der Waals surface area (Å²) in [4.78, 5) is 27.3. The minimum Gasteiger partial charge on any atom is -0.337 e. The van der Waals surface area contributed by atoms with Crippen LogP contribution in [0.1, 0.15) is 53.0 Å². The minimum atomic E-state index is -4.50. The van der Waals surface area contributed by atoms with E-state index in [1.54, 1.807) is 11.3 Å². The number of amides is 1. The number of alkyl halides is 3. The van der Waals surface area contributed by atoms with Gasteiger partial charge in [0.15, 0.2) is 0 Å². The number of halogens is 3. The number of rotatable bonds is 4. The van der Waals surface area contributed by atoms with Gasteiger partial charge in [0, 0.05) is 47.7 Å². The average Bonchev–Trinajstić information content (AvgIpc) is 3.54. The topological polar surface area (TPSA) is 83.5 Å². The highest BCUT2D eigenvalue weighted by atomic mass is 32.2. The summed E-state index contributed by atoms with van der Waals surface area (Å²) in [7, 11) is -3.08. The minimum absolute atomic E-state index is 0.0261. The highest BCUT2D eigenvalue weighted by Crippen LogP contribution is 2.45. The van der Waals surface area contributed by atoms with Crippen molar-refractivity contribution < 1.29 is 26.4 Å². The summed E-state index contributed by atoms with van der Waals surface area (Å²) in [6, 6.07) is 3.84. The third-order valence-electron chi connectivity index (χ3n) is 6.77. The molecule has 0 bridgehead atoms. The van der Waals surface area contributed by atoms with Gasteiger partial charge in [0.2, 0.25) is 11.9 Å². The van der Waals surface area contributed by atoms with E-state index in [-0.39, 0.29) is 35.3 Å². The molecule has 3 aliphatic rings. The van der Waals surface area contributed by atoms with Crippen molar-refractivity contribution in [2.75, 3.05) is 36.0 Å². The summed E-state index contributed by atoms with van der Waals surface area (Å²) >= 11 is 1.67. The molecular weight excluding hydrogens is 489 g/mol. The van der Waals surface area contributed by atoms with Gasteiger partial charge in [-0.2, -0.15) is 13.2 Å². The number of carbonyl (C=O) groups is 1. The van der Waals surface area contributed by atoms with E-state index in [9.17, 15) is 26.4 Å². The van der Waals surface area contributed by atoms with Crippen LogP contribution in [0.15, 0.2) is 24.5 Å². The van der Waals surface area contributed by atoms with E-state index >= 15 is 0 Å². The van der Waals surface area contributed by atoms with Crippen LogP contribution >= 0.6 is 11.3 Å². The normalized spacial score (nSPS) is 23.8. The van der Waals surface area contributed by atoms with E-state index in [0.29, 0.717) is 38.4 Å². The van der Waals surface area contributed by atoms with Crippen LogP contribution in [0.4, 0.5) is 19.1 Å². The molecule has 1 unspecified atom stereocenters. The van der Waals surface area contributed by atoms with Crippen LogP contribution in [0.3, 0.4) is 0 Å². The van der Waals surface area contributed by atoms with Crippen LogP contribution in [0, 0.1) is 5.92 Å². The number of aromatic nitrogens is 2. The largest absolute Gasteiger partial charge is 0.419 e. The van der Waals surface area contributed by atoms with Crippen LogP contribution in [0.25, 0.3) is 0 Å². The Morgan fingerprint density at radius 1 is 1.00 bits per heavy atom. The molecule has 1 aliphatic carbocycles. The van der Waals surface area contributed by atoms with Gasteiger partial charge >= 0.3 is 6.18 Å². The van der Waals surface area contributed by atoms with Gasteiger partial charge in [0.1, 0.15) is 9.84 Å². The number of hydrogen-bond acceptors (Lipinski definition) is 7. The summed E-state index contributed by atoms with van der Waals surface area (Å²) in [6.07, 6.45) is 0.0452. The zero-order chi connectivity index (χ0) is 24.1. The molecule has 2 aromatic heterocycles. The van der Waals surface area contributed by atoms with Crippen LogP contribution in [0.5, 0.6) is 0 Å². The van der Waals surface area contributed by atoms with Crippen molar-refractivity contribution in [2.24, 2.45) is 5.92 Å². The fourth-order valence-electron chi connectivity index (χ4n) is 4.61. The van der Waals surface area contributed by atoms with Crippen LogP contribution in [0.2, 0.25) is 0 Å². The zero-order valence-electron chi connectivity index (χ0n) is 18.4. The molecule has 1 atom stereocenters. The van der Waals surface area contributed by atoms with Gasteiger partial charge in [-0.25, -0.2) is 18.4 Å². The summed E-state index contributed by atoms with van der Waals surface area (Å²) in [5, 5.41) is 0. The maximum Gasteiger partial charge on any atom is 0.419 e. The van der Waals surface area contributed by atoms with E-state index in [4.69, 9.17) is 0 Å². The fraction of sp³-hybridized carbons (Fsp3) is 0.591. The van der Waals surface area contributed by atoms with Gasteiger partial charge in [0.25, 0.3) is 0 Å². The summed E-state index contributed by atoms with van der Waals surface area (Å²) in [5.74, 6) is 0.450. The maximum atomic E-state index is 13.5. The molecule has 1 saturated carbocycles. The third kappa shape index (κ3) is 4.93. The van der Waals surface area contributed by atoms with E-state index in [1.807, 2.05) is 15.9 Å². The number of piperazine rings is 1. The lowest BCUT2D eigenvalue weighted by molar-refractivity contribution is -0.139. The Labute approximate surface area is 199 Å². The molecule has 12 heteroatoms. The predicted octanol–water partition coefficient (Wildman–Crippen LogP) is 3.65. The lowest BCUT2D eigenvalue weighted by Gasteiger charge is -2.42. The predicted molar refractivity (Wildman–Crippen MR) is 121 cm³/mol. The molecule has 7 nitrogen and oxygen atoms in total. The zero-order valence-corrected chi connectivity index (χ0v) is 20.0. The first-order valence-electron chi connectivity index (χ1n) is 11.4. The van der Waals surface area contributed by atoms with Gasteiger partial charge < -0.3 is 9.80 Å². The third-order valence-corrected chi connectivity index (χ3v) is 9.84. The Balaban J connectivity index is 1.38. The maximum absolute atomic E-state index is 13.5. The quantitative estimate of drug-likeness (QED) is 0.620. The fourth-order valence-corrected chi connectivity index (χ4v) is 7.38. The summed E-state index contributed by atoms with van der Waals surface area (Å²) in [5.41, 5.74) is -0.902. The molecule has 0 N–H and O–H groups in total. The lowest BCUT2D eigenvalue weighted by atomic mass is 9.98. The first kappa shape index (κ1) is 23.5. The van der Waals surface area contributed by atoms with Crippen molar-refractivity contribution in [3.63, 3.8) is 0 Å². The number of sulfone groups is 1. The van der Waals surface area contributed by atoms with Gasteiger partial charge in [-0.15, -0.1) is 11.3 Å². The number of anilines is 1. The monoisotopic (exact) mass is 514 g/mol. The van der Waals surface area contributed by atoms with Crippen LogP contribution in [-0.4, -0.2) is 60.3 Å². The molecule has 5 rings (SSSR count).